The fourth-order valence-corrected chi connectivity index (χ4v) is 1.37. The Morgan fingerprint density at radius 1 is 1.43 bits per heavy atom. The second kappa shape index (κ2) is 3.83. The van der Waals surface area contributed by atoms with Crippen molar-refractivity contribution in [1.82, 2.24) is 0 Å². The summed E-state index contributed by atoms with van der Waals surface area (Å²) < 4.78 is 25.8. The van der Waals surface area contributed by atoms with Crippen molar-refractivity contribution < 1.29 is 23.5 Å². The number of carbonyl (C=O) groups excluding carboxylic acids is 1. The Kier molecular flexibility index (Phi) is 2.95. The summed E-state index contributed by atoms with van der Waals surface area (Å²) in [7, 11) is 0. The monoisotopic (exact) mass is 264 g/mol. The molecular formula is C8H3BrF2O3. The maximum absolute atomic E-state index is 13.0. The van der Waals surface area contributed by atoms with Crippen molar-refractivity contribution in [3.05, 3.63) is 33.3 Å². The van der Waals surface area contributed by atoms with E-state index in [9.17, 15) is 18.4 Å². The minimum absolute atomic E-state index is 0.0937. The van der Waals surface area contributed by atoms with Gasteiger partial charge in [-0.15, -0.1) is 0 Å². The van der Waals surface area contributed by atoms with Crippen LogP contribution in [-0.2, 0) is 0 Å². The summed E-state index contributed by atoms with van der Waals surface area (Å²) in [5.74, 6) is -4.60. The van der Waals surface area contributed by atoms with E-state index in [-0.39, 0.29) is 10.8 Å². The molecule has 0 spiro atoms. The van der Waals surface area contributed by atoms with Crippen LogP contribution in [0.2, 0.25) is 0 Å². The van der Waals surface area contributed by atoms with Gasteiger partial charge in [0, 0.05) is 4.47 Å². The zero-order chi connectivity index (χ0) is 10.9. The fraction of sp³-hybridized carbons (Fsp3) is 0. The van der Waals surface area contributed by atoms with Gasteiger partial charge in [-0.1, -0.05) is 0 Å². The van der Waals surface area contributed by atoms with Gasteiger partial charge in [0.05, 0.1) is 11.1 Å². The van der Waals surface area contributed by atoms with Crippen LogP contribution in [0.5, 0.6) is 0 Å². The van der Waals surface area contributed by atoms with Crippen molar-refractivity contribution in [3.63, 3.8) is 0 Å². The molecule has 6 heteroatoms. The van der Waals surface area contributed by atoms with Crippen molar-refractivity contribution >= 4 is 28.2 Å². The number of aldehydes is 1. The molecule has 1 N–H and O–H groups in total. The molecule has 74 valence electrons. The first-order valence-corrected chi connectivity index (χ1v) is 4.14. The first-order valence-electron chi connectivity index (χ1n) is 3.35. The van der Waals surface area contributed by atoms with E-state index in [1.54, 1.807) is 0 Å². The zero-order valence-electron chi connectivity index (χ0n) is 6.55. The number of hydrogen-bond acceptors (Lipinski definition) is 2. The average molecular weight is 265 g/mol. The van der Waals surface area contributed by atoms with E-state index < -0.39 is 28.7 Å². The average Bonchev–Trinajstić information content (AvgIpc) is 2.12. The number of carbonyl (C=O) groups is 2. The predicted molar refractivity (Wildman–Crippen MR) is 46.4 cm³/mol. The van der Waals surface area contributed by atoms with Gasteiger partial charge >= 0.3 is 5.97 Å². The van der Waals surface area contributed by atoms with Crippen LogP contribution in [0.15, 0.2) is 10.5 Å². The minimum Gasteiger partial charge on any atom is -0.478 e. The molecule has 0 heterocycles. The van der Waals surface area contributed by atoms with E-state index in [1.165, 1.54) is 0 Å². The molecule has 0 atom stereocenters. The molecule has 0 saturated heterocycles. The topological polar surface area (TPSA) is 54.4 Å². The molecule has 0 aliphatic heterocycles. The number of carboxylic acid groups (broad SMARTS) is 1. The van der Waals surface area contributed by atoms with Crippen LogP contribution in [0.25, 0.3) is 0 Å². The Labute approximate surface area is 85.5 Å². The van der Waals surface area contributed by atoms with Gasteiger partial charge in [0.1, 0.15) is 0 Å². The van der Waals surface area contributed by atoms with Gasteiger partial charge in [-0.25, -0.2) is 13.6 Å². The van der Waals surface area contributed by atoms with Crippen LogP contribution >= 0.6 is 15.9 Å². The van der Waals surface area contributed by atoms with Crippen LogP contribution in [-0.4, -0.2) is 17.4 Å². The third-order valence-corrected chi connectivity index (χ3v) is 2.20. The molecule has 1 rings (SSSR count). The molecule has 0 fully saturated rings. The summed E-state index contributed by atoms with van der Waals surface area (Å²) >= 11 is 2.76. The van der Waals surface area contributed by atoms with Crippen LogP contribution in [0.1, 0.15) is 20.7 Å². The third-order valence-electron chi connectivity index (χ3n) is 1.54. The van der Waals surface area contributed by atoms with E-state index in [0.29, 0.717) is 0 Å². The molecule has 0 aliphatic rings. The lowest BCUT2D eigenvalue weighted by Crippen LogP contribution is -2.06. The smallest absolute Gasteiger partial charge is 0.338 e. The van der Waals surface area contributed by atoms with Crippen LogP contribution in [0.4, 0.5) is 8.78 Å². The summed E-state index contributed by atoms with van der Waals surface area (Å²) in [6.45, 7) is 0. The van der Waals surface area contributed by atoms with Crippen LogP contribution < -0.4 is 0 Å². The number of halogens is 3. The lowest BCUT2D eigenvalue weighted by atomic mass is 10.1. The summed E-state index contributed by atoms with van der Waals surface area (Å²) in [6, 6.07) is 0.838. The second-order valence-electron chi connectivity index (χ2n) is 2.37. The van der Waals surface area contributed by atoms with E-state index >= 15 is 0 Å². The molecule has 14 heavy (non-hydrogen) atoms. The number of aromatic carboxylic acids is 1. The third kappa shape index (κ3) is 1.65. The Bertz CT molecular complexity index is 418. The van der Waals surface area contributed by atoms with Gasteiger partial charge in [0.2, 0.25) is 0 Å². The first kappa shape index (κ1) is 10.8. The Hall–Kier alpha value is -1.30. The molecular weight excluding hydrogens is 262 g/mol. The SMILES string of the molecule is O=Cc1c(Br)cc(C(=O)O)c(F)c1F. The van der Waals surface area contributed by atoms with Gasteiger partial charge in [0.15, 0.2) is 17.9 Å². The minimum atomic E-state index is -1.60. The van der Waals surface area contributed by atoms with Gasteiger partial charge < -0.3 is 5.11 Å². The van der Waals surface area contributed by atoms with E-state index in [0.717, 1.165) is 6.07 Å². The molecule has 0 aromatic heterocycles. The molecule has 0 radical (unpaired) electrons. The van der Waals surface area contributed by atoms with Crippen molar-refractivity contribution in [2.45, 2.75) is 0 Å². The standard InChI is InChI=1S/C8H3BrF2O3/c9-5-1-3(8(13)14)6(10)7(11)4(5)2-12/h1-2H,(H,13,14). The quantitative estimate of drug-likeness (QED) is 0.659. The van der Waals surface area contributed by atoms with Crippen LogP contribution in [0, 0.1) is 11.6 Å². The molecule has 0 amide bonds. The summed E-state index contributed by atoms with van der Waals surface area (Å²) in [4.78, 5) is 20.7. The summed E-state index contributed by atoms with van der Waals surface area (Å²) in [5, 5.41) is 8.46. The van der Waals surface area contributed by atoms with E-state index in [4.69, 9.17) is 5.11 Å². The highest BCUT2D eigenvalue weighted by atomic mass is 79.9. The number of hydrogen-bond donors (Lipinski definition) is 1. The number of carboxylic acids is 1. The highest BCUT2D eigenvalue weighted by molar-refractivity contribution is 9.10. The Balaban J connectivity index is 3.55. The van der Waals surface area contributed by atoms with Crippen molar-refractivity contribution in [2.24, 2.45) is 0 Å². The lowest BCUT2D eigenvalue weighted by molar-refractivity contribution is 0.0690. The lowest BCUT2D eigenvalue weighted by Gasteiger charge is -2.03. The number of rotatable bonds is 2. The van der Waals surface area contributed by atoms with E-state index in [1.807, 2.05) is 0 Å². The number of benzene rings is 1. The van der Waals surface area contributed by atoms with Gasteiger partial charge in [-0.2, -0.15) is 0 Å². The highest BCUT2D eigenvalue weighted by Gasteiger charge is 2.20. The fourth-order valence-electron chi connectivity index (χ4n) is 0.873. The van der Waals surface area contributed by atoms with Crippen LogP contribution in [0.3, 0.4) is 0 Å². The molecule has 0 saturated carbocycles. The normalized spacial score (nSPS) is 9.93. The van der Waals surface area contributed by atoms with Crippen molar-refractivity contribution in [3.8, 4) is 0 Å². The predicted octanol–water partition coefficient (Wildman–Crippen LogP) is 2.24. The van der Waals surface area contributed by atoms with E-state index in [2.05, 4.69) is 15.9 Å². The van der Waals surface area contributed by atoms with Crippen molar-refractivity contribution in [2.75, 3.05) is 0 Å². The summed E-state index contributed by atoms with van der Waals surface area (Å²) in [5.41, 5.74) is -1.35. The molecule has 0 bridgehead atoms. The van der Waals surface area contributed by atoms with Gasteiger partial charge in [-0.3, -0.25) is 4.79 Å². The molecule has 0 unspecified atom stereocenters. The largest absolute Gasteiger partial charge is 0.478 e. The maximum Gasteiger partial charge on any atom is 0.338 e. The molecule has 1 aromatic rings. The Morgan fingerprint density at radius 2 is 2.00 bits per heavy atom. The highest BCUT2D eigenvalue weighted by Crippen LogP contribution is 2.24. The molecule has 3 nitrogen and oxygen atoms in total. The van der Waals surface area contributed by atoms with Gasteiger partial charge in [-0.05, 0) is 22.0 Å². The second-order valence-corrected chi connectivity index (χ2v) is 3.22. The van der Waals surface area contributed by atoms with Crippen molar-refractivity contribution in [1.29, 1.82) is 0 Å². The molecule has 0 aliphatic carbocycles. The molecule has 1 aromatic carbocycles. The summed E-state index contributed by atoms with van der Waals surface area (Å²) in [6.07, 6.45) is 0.105. The first-order chi connectivity index (χ1) is 6.49. The maximum atomic E-state index is 13.0. The van der Waals surface area contributed by atoms with Gasteiger partial charge in [0.25, 0.3) is 0 Å². The Morgan fingerprint density at radius 3 is 2.43 bits per heavy atom. The zero-order valence-corrected chi connectivity index (χ0v) is 8.14.